The van der Waals surface area contributed by atoms with E-state index in [4.69, 9.17) is 4.74 Å². The molecule has 1 saturated heterocycles. The van der Waals surface area contributed by atoms with Crippen LogP contribution in [0.3, 0.4) is 0 Å². The molecule has 1 fully saturated rings. The maximum atomic E-state index is 13.2. The van der Waals surface area contributed by atoms with E-state index in [2.05, 4.69) is 34.1 Å². The number of carbonyl (C=O) groups excluding carboxylic acids is 3. The van der Waals surface area contributed by atoms with E-state index in [1.165, 1.54) is 4.90 Å². The summed E-state index contributed by atoms with van der Waals surface area (Å²) in [6.45, 7) is 12.2. The van der Waals surface area contributed by atoms with Crippen LogP contribution in [-0.4, -0.2) is 106 Å². The predicted molar refractivity (Wildman–Crippen MR) is 130 cm³/mol. The second kappa shape index (κ2) is 12.4. The Morgan fingerprint density at radius 3 is 2.54 bits per heavy atom. The number of rotatable bonds is 4. The van der Waals surface area contributed by atoms with Crippen LogP contribution in [0.4, 0.5) is 0 Å². The van der Waals surface area contributed by atoms with Crippen molar-refractivity contribution in [3.05, 3.63) is 11.6 Å². The first-order valence-corrected chi connectivity index (χ1v) is 12.7. The smallest absolute Gasteiger partial charge is 0.243 e. The maximum Gasteiger partial charge on any atom is 0.243 e. The lowest BCUT2D eigenvalue weighted by molar-refractivity contribution is -0.139. The summed E-state index contributed by atoms with van der Waals surface area (Å²) in [5.74, 6) is 1.34. The largest absolute Gasteiger partial charge is 0.379 e. The molecule has 0 unspecified atom stereocenters. The number of fused-ring (bicyclic) bond motifs is 1. The van der Waals surface area contributed by atoms with Crippen molar-refractivity contribution in [3.63, 3.8) is 0 Å². The number of hydrogen-bond acceptors (Lipinski definition) is 7. The number of nitrogens with one attached hydrogen (secondary N) is 1. The van der Waals surface area contributed by atoms with E-state index in [9.17, 15) is 14.4 Å². The first-order valence-electron chi connectivity index (χ1n) is 12.7. The number of hydrogen-bond donors (Lipinski definition) is 1. The van der Waals surface area contributed by atoms with Gasteiger partial charge >= 0.3 is 0 Å². The minimum absolute atomic E-state index is 0.0404. The number of aryl methyl sites for hydroxylation is 1. The van der Waals surface area contributed by atoms with Crippen LogP contribution >= 0.6 is 0 Å². The number of carbonyl (C=O) groups is 3. The molecule has 0 bridgehead atoms. The summed E-state index contributed by atoms with van der Waals surface area (Å²) in [6, 6.07) is -0.952. The number of ether oxygens (including phenoxy) is 1. The number of likely N-dealkylation sites (N-methyl/N-ethyl adjacent to an activating group) is 1. The Hall–Kier alpha value is -2.53. The van der Waals surface area contributed by atoms with Gasteiger partial charge in [0, 0.05) is 39.6 Å². The van der Waals surface area contributed by atoms with Crippen LogP contribution in [0.1, 0.15) is 57.7 Å². The van der Waals surface area contributed by atoms with E-state index in [-0.39, 0.29) is 30.2 Å². The lowest BCUT2D eigenvalue weighted by Gasteiger charge is -2.31. The number of aromatic nitrogens is 3. The molecule has 2 aliphatic rings. The highest BCUT2D eigenvalue weighted by atomic mass is 16.5. The zero-order valence-corrected chi connectivity index (χ0v) is 21.8. The van der Waals surface area contributed by atoms with Gasteiger partial charge in [-0.25, -0.2) is 9.67 Å². The van der Waals surface area contributed by atoms with Gasteiger partial charge in [0.25, 0.3) is 0 Å². The van der Waals surface area contributed by atoms with Crippen LogP contribution in [0.15, 0.2) is 0 Å². The summed E-state index contributed by atoms with van der Waals surface area (Å²) in [5, 5.41) is 7.69. The molecule has 0 radical (unpaired) electrons. The molecule has 1 aromatic rings. The van der Waals surface area contributed by atoms with Crippen LogP contribution in [0, 0.1) is 12.8 Å². The minimum Gasteiger partial charge on any atom is -0.379 e. The van der Waals surface area contributed by atoms with Crippen molar-refractivity contribution in [2.45, 2.75) is 65.6 Å². The molecule has 1 N–H and O–H groups in total. The third kappa shape index (κ3) is 7.47. The molecular weight excluding hydrogens is 450 g/mol. The monoisotopic (exact) mass is 491 g/mol. The molecule has 0 aromatic carbocycles. The maximum absolute atomic E-state index is 13.2. The fourth-order valence-corrected chi connectivity index (χ4v) is 4.50. The molecule has 1 aromatic heterocycles. The fourth-order valence-electron chi connectivity index (χ4n) is 4.50. The zero-order chi connectivity index (χ0) is 25.5. The van der Waals surface area contributed by atoms with E-state index in [1.807, 2.05) is 16.5 Å². The van der Waals surface area contributed by atoms with Crippen molar-refractivity contribution in [1.82, 2.24) is 34.8 Å². The predicted octanol–water partition coefficient (Wildman–Crippen LogP) is 0.591. The Labute approximate surface area is 208 Å². The molecular formula is C24H41N7O4. The number of nitrogens with zero attached hydrogens (tertiary/aromatic N) is 6. The van der Waals surface area contributed by atoms with E-state index in [0.717, 1.165) is 13.1 Å². The summed E-state index contributed by atoms with van der Waals surface area (Å²) >= 11 is 0. The molecule has 11 heteroatoms. The van der Waals surface area contributed by atoms with E-state index >= 15 is 0 Å². The Kier molecular flexibility index (Phi) is 9.62. The van der Waals surface area contributed by atoms with Gasteiger partial charge < -0.3 is 19.9 Å². The van der Waals surface area contributed by atoms with Crippen LogP contribution < -0.4 is 5.32 Å². The third-order valence-electron chi connectivity index (χ3n) is 6.71. The average molecular weight is 492 g/mol. The van der Waals surface area contributed by atoms with Crippen molar-refractivity contribution in [1.29, 1.82) is 0 Å². The zero-order valence-electron chi connectivity index (χ0n) is 21.8. The molecule has 11 nitrogen and oxygen atoms in total. The fraction of sp³-hybridized carbons (Fsp3) is 0.792. The molecule has 35 heavy (non-hydrogen) atoms. The summed E-state index contributed by atoms with van der Waals surface area (Å²) in [4.78, 5) is 49.1. The molecule has 3 amide bonds. The number of amides is 3. The van der Waals surface area contributed by atoms with Gasteiger partial charge in [0.05, 0.1) is 32.3 Å². The van der Waals surface area contributed by atoms with Crippen molar-refractivity contribution >= 4 is 17.7 Å². The van der Waals surface area contributed by atoms with E-state index in [0.29, 0.717) is 69.8 Å². The van der Waals surface area contributed by atoms with Crippen molar-refractivity contribution < 1.29 is 19.1 Å². The Morgan fingerprint density at radius 2 is 1.86 bits per heavy atom. The highest BCUT2D eigenvalue weighted by Crippen LogP contribution is 2.21. The summed E-state index contributed by atoms with van der Waals surface area (Å²) in [5.41, 5.74) is 0. The van der Waals surface area contributed by atoms with Gasteiger partial charge in [0.2, 0.25) is 17.7 Å². The lowest BCUT2D eigenvalue weighted by atomic mass is 10.0. The summed E-state index contributed by atoms with van der Waals surface area (Å²) in [7, 11) is 1.66. The quantitative estimate of drug-likeness (QED) is 0.656. The SMILES string of the molecule is Cc1nc2n(n1)CCN(C(=O)CN1CCOCC1)CCCC(=O)N(C)[C@@H](C)C(=O)N[C@@H]2CC(C)C. The van der Waals surface area contributed by atoms with Gasteiger partial charge in [0.15, 0.2) is 0 Å². The first kappa shape index (κ1) is 27.1. The molecule has 0 aliphatic carbocycles. The van der Waals surface area contributed by atoms with Crippen LogP contribution in [0.25, 0.3) is 0 Å². The topological polar surface area (TPSA) is 113 Å². The normalized spacial score (nSPS) is 23.7. The minimum atomic E-state index is -0.614. The second-order valence-electron chi connectivity index (χ2n) is 9.98. The van der Waals surface area contributed by atoms with Crippen LogP contribution in [-0.2, 0) is 25.7 Å². The highest BCUT2D eigenvalue weighted by Gasteiger charge is 2.29. The molecule has 3 rings (SSSR count). The second-order valence-corrected chi connectivity index (χ2v) is 9.98. The Bertz CT molecular complexity index is 881. The van der Waals surface area contributed by atoms with Gasteiger partial charge in [0.1, 0.15) is 17.7 Å². The van der Waals surface area contributed by atoms with Crippen LogP contribution in [0.5, 0.6) is 0 Å². The van der Waals surface area contributed by atoms with E-state index in [1.54, 1.807) is 14.0 Å². The van der Waals surface area contributed by atoms with E-state index < -0.39 is 6.04 Å². The van der Waals surface area contributed by atoms with Gasteiger partial charge in [-0.3, -0.25) is 19.3 Å². The Balaban J connectivity index is 1.86. The molecule has 2 aliphatic heterocycles. The van der Waals surface area contributed by atoms with Gasteiger partial charge in [-0.15, -0.1) is 0 Å². The van der Waals surface area contributed by atoms with Crippen LogP contribution in [0.2, 0.25) is 0 Å². The van der Waals surface area contributed by atoms with Crippen molar-refractivity contribution in [3.8, 4) is 0 Å². The summed E-state index contributed by atoms with van der Waals surface area (Å²) in [6.07, 6.45) is 1.50. The van der Waals surface area contributed by atoms with Crippen molar-refractivity contribution in [2.75, 3.05) is 53.0 Å². The van der Waals surface area contributed by atoms with Gasteiger partial charge in [-0.2, -0.15) is 5.10 Å². The molecule has 0 spiro atoms. The summed E-state index contributed by atoms with van der Waals surface area (Å²) < 4.78 is 7.22. The van der Waals surface area contributed by atoms with Crippen molar-refractivity contribution in [2.24, 2.45) is 5.92 Å². The standard InChI is InChI=1S/C24H41N7O4/c1-17(2)15-20-23-25-19(4)27-31(23)10-9-30(22(33)16-29-11-13-35-14-12-29)8-6-7-21(32)28(5)18(3)24(34)26-20/h17-18,20H,6-16H2,1-5H3,(H,26,34)/t18-,20+/m0/s1. The van der Waals surface area contributed by atoms with Gasteiger partial charge in [-0.1, -0.05) is 13.8 Å². The number of morpholine rings is 1. The Morgan fingerprint density at radius 1 is 1.14 bits per heavy atom. The molecule has 196 valence electrons. The highest BCUT2D eigenvalue weighted by molar-refractivity contribution is 5.87. The first-order chi connectivity index (χ1) is 16.7. The van der Waals surface area contributed by atoms with Gasteiger partial charge in [-0.05, 0) is 32.6 Å². The third-order valence-corrected chi connectivity index (χ3v) is 6.71. The molecule has 3 heterocycles. The molecule has 0 saturated carbocycles. The lowest BCUT2D eigenvalue weighted by Crippen LogP contribution is -2.48. The molecule has 2 atom stereocenters. The average Bonchev–Trinajstić information content (AvgIpc) is 3.19.